The largest absolute Gasteiger partial charge is 0.350 e. The van der Waals surface area contributed by atoms with Gasteiger partial charge in [0.05, 0.1) is 0 Å². The third-order valence-corrected chi connectivity index (χ3v) is 4.31. The Morgan fingerprint density at radius 1 is 1.38 bits per heavy atom. The number of carbonyl (C=O) groups excluding carboxylic acids is 1. The number of fused-ring (bicyclic) bond motifs is 1. The molecule has 1 aromatic rings. The van der Waals surface area contributed by atoms with Crippen molar-refractivity contribution in [2.24, 2.45) is 11.7 Å². The minimum Gasteiger partial charge on any atom is -0.350 e. The summed E-state index contributed by atoms with van der Waals surface area (Å²) in [6.45, 7) is 0.444. The average molecular weight is 312 g/mol. The normalized spacial score (nSPS) is 18.3. The molecule has 0 aromatic carbocycles. The van der Waals surface area contributed by atoms with E-state index < -0.39 is 0 Å². The molecular formula is C15H22ClN3O2. The van der Waals surface area contributed by atoms with Crippen LogP contribution in [0, 0.1) is 5.92 Å². The van der Waals surface area contributed by atoms with Gasteiger partial charge in [0.15, 0.2) is 0 Å². The van der Waals surface area contributed by atoms with E-state index in [4.69, 9.17) is 5.73 Å². The molecule has 1 unspecified atom stereocenters. The molecule has 0 spiro atoms. The molecule has 0 bridgehead atoms. The molecule has 0 saturated heterocycles. The molecule has 1 amide bonds. The van der Waals surface area contributed by atoms with Crippen LogP contribution in [0.15, 0.2) is 10.9 Å². The fraction of sp³-hybridized carbons (Fsp3) is 0.600. The van der Waals surface area contributed by atoms with Crippen molar-refractivity contribution in [3.05, 3.63) is 33.2 Å². The molecule has 1 heterocycles. The predicted octanol–water partition coefficient (Wildman–Crippen LogP) is 1.14. The standard InChI is InChI=1S/C15H21N3O2.ClH/c16-12(9-5-6-9)8-17-14(19)11-7-10-3-1-2-4-13(10)18-15(11)20;/h7,9,12H,1-6,8,16H2,(H,17,19)(H,18,20);1H. The smallest absolute Gasteiger partial charge is 0.261 e. The Morgan fingerprint density at radius 3 is 2.81 bits per heavy atom. The number of aromatic nitrogens is 1. The lowest BCUT2D eigenvalue weighted by atomic mass is 9.95. The van der Waals surface area contributed by atoms with Gasteiger partial charge >= 0.3 is 0 Å². The summed E-state index contributed by atoms with van der Waals surface area (Å²) in [6.07, 6.45) is 6.36. The molecule has 1 fully saturated rings. The van der Waals surface area contributed by atoms with E-state index in [1.807, 2.05) is 0 Å². The fourth-order valence-corrected chi connectivity index (χ4v) is 2.84. The number of aromatic amines is 1. The lowest BCUT2D eigenvalue weighted by Gasteiger charge is -2.16. The van der Waals surface area contributed by atoms with Gasteiger partial charge in [-0.3, -0.25) is 9.59 Å². The molecule has 0 aliphatic heterocycles. The van der Waals surface area contributed by atoms with Crippen LogP contribution in [-0.4, -0.2) is 23.5 Å². The molecule has 1 aromatic heterocycles. The Kier molecular flexibility index (Phi) is 5.06. The van der Waals surface area contributed by atoms with Gasteiger partial charge in [0, 0.05) is 18.3 Å². The monoisotopic (exact) mass is 311 g/mol. The number of carbonyl (C=O) groups is 1. The molecule has 21 heavy (non-hydrogen) atoms. The van der Waals surface area contributed by atoms with Crippen LogP contribution in [0.4, 0.5) is 0 Å². The summed E-state index contributed by atoms with van der Waals surface area (Å²) >= 11 is 0. The quantitative estimate of drug-likeness (QED) is 0.779. The second kappa shape index (κ2) is 6.62. The average Bonchev–Trinajstić information content (AvgIpc) is 3.28. The minimum absolute atomic E-state index is 0. The molecule has 2 aliphatic carbocycles. The van der Waals surface area contributed by atoms with Gasteiger partial charge in [-0.2, -0.15) is 0 Å². The first-order valence-electron chi connectivity index (χ1n) is 7.44. The van der Waals surface area contributed by atoms with Gasteiger partial charge in [-0.1, -0.05) is 0 Å². The van der Waals surface area contributed by atoms with Crippen LogP contribution in [-0.2, 0) is 12.8 Å². The highest BCUT2D eigenvalue weighted by Crippen LogP contribution is 2.31. The van der Waals surface area contributed by atoms with Gasteiger partial charge in [-0.05, 0) is 56.1 Å². The summed E-state index contributed by atoms with van der Waals surface area (Å²) in [6, 6.07) is 1.77. The second-order valence-electron chi connectivity index (χ2n) is 5.93. The number of nitrogens with two attached hydrogens (primary N) is 1. The van der Waals surface area contributed by atoms with E-state index in [-0.39, 0.29) is 35.5 Å². The van der Waals surface area contributed by atoms with E-state index in [1.54, 1.807) is 6.07 Å². The Hall–Kier alpha value is -1.33. The van der Waals surface area contributed by atoms with Crippen LogP contribution in [0.2, 0.25) is 0 Å². The highest BCUT2D eigenvalue weighted by atomic mass is 35.5. The number of rotatable bonds is 4. The Labute approximate surface area is 130 Å². The zero-order chi connectivity index (χ0) is 14.1. The number of pyridine rings is 1. The fourth-order valence-electron chi connectivity index (χ4n) is 2.84. The Morgan fingerprint density at radius 2 is 2.10 bits per heavy atom. The molecule has 4 N–H and O–H groups in total. The van der Waals surface area contributed by atoms with Gasteiger partial charge < -0.3 is 16.0 Å². The second-order valence-corrected chi connectivity index (χ2v) is 5.93. The van der Waals surface area contributed by atoms with Gasteiger partial charge in [0.1, 0.15) is 5.56 Å². The molecule has 1 atom stereocenters. The Bertz CT molecular complexity index is 581. The number of hydrogen-bond donors (Lipinski definition) is 3. The van der Waals surface area contributed by atoms with Crippen molar-refractivity contribution in [3.8, 4) is 0 Å². The first kappa shape index (κ1) is 16.0. The van der Waals surface area contributed by atoms with Gasteiger partial charge in [-0.15, -0.1) is 12.4 Å². The number of H-pyrrole nitrogens is 1. The summed E-state index contributed by atoms with van der Waals surface area (Å²) in [7, 11) is 0. The number of aryl methyl sites for hydroxylation is 2. The zero-order valence-electron chi connectivity index (χ0n) is 12.0. The van der Waals surface area contributed by atoms with Crippen molar-refractivity contribution >= 4 is 18.3 Å². The SMILES string of the molecule is Cl.NC(CNC(=O)c1cc2c([nH]c1=O)CCCC2)C1CC1. The van der Waals surface area contributed by atoms with Crippen LogP contribution in [0.25, 0.3) is 0 Å². The summed E-state index contributed by atoms with van der Waals surface area (Å²) in [4.78, 5) is 26.9. The van der Waals surface area contributed by atoms with E-state index in [2.05, 4.69) is 10.3 Å². The van der Waals surface area contributed by atoms with Crippen LogP contribution < -0.4 is 16.6 Å². The zero-order valence-corrected chi connectivity index (χ0v) is 12.8. The van der Waals surface area contributed by atoms with Crippen molar-refractivity contribution in [2.45, 2.75) is 44.6 Å². The van der Waals surface area contributed by atoms with Crippen molar-refractivity contribution in [2.75, 3.05) is 6.54 Å². The third-order valence-electron chi connectivity index (χ3n) is 4.31. The van der Waals surface area contributed by atoms with Crippen LogP contribution in [0.5, 0.6) is 0 Å². The summed E-state index contributed by atoms with van der Waals surface area (Å²) < 4.78 is 0. The van der Waals surface area contributed by atoms with E-state index >= 15 is 0 Å². The molecular weight excluding hydrogens is 290 g/mol. The number of nitrogens with one attached hydrogen (secondary N) is 2. The molecule has 6 heteroatoms. The van der Waals surface area contributed by atoms with Crippen LogP contribution in [0.1, 0.15) is 47.3 Å². The molecule has 1 saturated carbocycles. The van der Waals surface area contributed by atoms with Crippen molar-refractivity contribution in [1.29, 1.82) is 0 Å². The molecule has 5 nitrogen and oxygen atoms in total. The predicted molar refractivity (Wildman–Crippen MR) is 84.0 cm³/mol. The summed E-state index contributed by atoms with van der Waals surface area (Å²) in [5.41, 5.74) is 7.98. The first-order valence-corrected chi connectivity index (χ1v) is 7.44. The molecule has 0 radical (unpaired) electrons. The van der Waals surface area contributed by atoms with Crippen molar-refractivity contribution in [3.63, 3.8) is 0 Å². The van der Waals surface area contributed by atoms with Crippen molar-refractivity contribution in [1.82, 2.24) is 10.3 Å². The maximum atomic E-state index is 12.1. The lowest BCUT2D eigenvalue weighted by Crippen LogP contribution is -2.40. The van der Waals surface area contributed by atoms with Crippen LogP contribution in [0.3, 0.4) is 0 Å². The van der Waals surface area contributed by atoms with Gasteiger partial charge in [0.2, 0.25) is 0 Å². The van der Waals surface area contributed by atoms with Gasteiger partial charge in [-0.25, -0.2) is 0 Å². The van der Waals surface area contributed by atoms with E-state index in [9.17, 15) is 9.59 Å². The highest BCUT2D eigenvalue weighted by molar-refractivity contribution is 5.94. The Balaban J connectivity index is 0.00000161. The maximum Gasteiger partial charge on any atom is 0.261 e. The molecule has 2 aliphatic rings. The summed E-state index contributed by atoms with van der Waals surface area (Å²) in [5.74, 6) is 0.229. The number of amides is 1. The van der Waals surface area contributed by atoms with Crippen LogP contribution >= 0.6 is 12.4 Å². The summed E-state index contributed by atoms with van der Waals surface area (Å²) in [5, 5.41) is 2.78. The maximum absolute atomic E-state index is 12.1. The van der Waals surface area contributed by atoms with E-state index in [0.717, 1.165) is 49.8 Å². The van der Waals surface area contributed by atoms with Crippen molar-refractivity contribution < 1.29 is 4.79 Å². The molecule has 116 valence electrons. The minimum atomic E-state index is -0.310. The topological polar surface area (TPSA) is 88.0 Å². The first-order chi connectivity index (χ1) is 9.65. The van der Waals surface area contributed by atoms with E-state index in [1.165, 1.54) is 0 Å². The third kappa shape index (κ3) is 3.66. The molecule has 3 rings (SSSR count). The lowest BCUT2D eigenvalue weighted by molar-refractivity contribution is 0.0948. The number of halogens is 1. The number of hydrogen-bond acceptors (Lipinski definition) is 3. The van der Waals surface area contributed by atoms with Gasteiger partial charge in [0.25, 0.3) is 11.5 Å². The van der Waals surface area contributed by atoms with E-state index in [0.29, 0.717) is 12.5 Å². The highest BCUT2D eigenvalue weighted by Gasteiger charge is 2.28.